The third kappa shape index (κ3) is 4.25. The van der Waals surface area contributed by atoms with Gasteiger partial charge < -0.3 is 27.2 Å². The average molecular weight is 392 g/mol. The SMILES string of the molecule is C(C[NH2+]Cc1ccc2c(c1)OCO2)=C(c1ccsc1)c1ccsc1.[Cl-]. The van der Waals surface area contributed by atoms with Crippen molar-refractivity contribution in [1.29, 1.82) is 0 Å². The molecule has 2 aromatic heterocycles. The summed E-state index contributed by atoms with van der Waals surface area (Å²) in [4.78, 5) is 0. The molecule has 0 radical (unpaired) electrons. The van der Waals surface area contributed by atoms with E-state index in [9.17, 15) is 0 Å². The summed E-state index contributed by atoms with van der Waals surface area (Å²) in [5.74, 6) is 1.70. The third-order valence-electron chi connectivity index (χ3n) is 3.97. The van der Waals surface area contributed by atoms with Crippen molar-refractivity contribution in [2.24, 2.45) is 0 Å². The lowest BCUT2D eigenvalue weighted by Gasteiger charge is -2.05. The molecule has 3 heterocycles. The molecule has 3 nitrogen and oxygen atoms in total. The lowest BCUT2D eigenvalue weighted by Crippen LogP contribution is -3.00. The van der Waals surface area contributed by atoms with Gasteiger partial charge in [0.1, 0.15) is 6.54 Å². The van der Waals surface area contributed by atoms with Gasteiger partial charge in [-0.05, 0) is 74.6 Å². The van der Waals surface area contributed by atoms with E-state index in [4.69, 9.17) is 9.47 Å². The maximum atomic E-state index is 5.44. The molecule has 0 aliphatic carbocycles. The molecule has 2 N–H and O–H groups in total. The summed E-state index contributed by atoms with van der Waals surface area (Å²) in [6, 6.07) is 10.5. The van der Waals surface area contributed by atoms with Gasteiger partial charge in [-0.15, -0.1) is 0 Å². The van der Waals surface area contributed by atoms with Crippen LogP contribution in [0.15, 0.2) is 57.9 Å². The molecule has 25 heavy (non-hydrogen) atoms. The van der Waals surface area contributed by atoms with Crippen molar-refractivity contribution in [3.63, 3.8) is 0 Å². The fraction of sp³-hybridized carbons (Fsp3) is 0.158. The minimum absolute atomic E-state index is 0. The Kier molecular flexibility index (Phi) is 6.15. The summed E-state index contributed by atoms with van der Waals surface area (Å²) in [5, 5.41) is 11.0. The van der Waals surface area contributed by atoms with Gasteiger partial charge in [-0.25, -0.2) is 0 Å². The van der Waals surface area contributed by atoms with Crippen LogP contribution in [0.5, 0.6) is 11.5 Å². The first kappa shape index (κ1) is 18.0. The van der Waals surface area contributed by atoms with Crippen LogP contribution in [-0.4, -0.2) is 13.3 Å². The van der Waals surface area contributed by atoms with Crippen LogP contribution in [0.4, 0.5) is 0 Å². The number of hydrogen-bond acceptors (Lipinski definition) is 4. The van der Waals surface area contributed by atoms with Gasteiger partial charge in [0, 0.05) is 5.56 Å². The van der Waals surface area contributed by atoms with Crippen LogP contribution in [0.2, 0.25) is 0 Å². The highest BCUT2D eigenvalue weighted by Gasteiger charge is 2.13. The van der Waals surface area contributed by atoms with E-state index >= 15 is 0 Å². The standard InChI is InChI=1S/C19H17NO2S2.ClH/c1-2-18-19(22-13-21-18)9-14(1)10-20-6-3-17(15-4-7-23-11-15)16-5-8-24-12-16;/h1-5,7-9,11-12,20H,6,10,13H2;1H. The predicted octanol–water partition coefficient (Wildman–Crippen LogP) is 0.738. The van der Waals surface area contributed by atoms with Crippen LogP contribution in [0.1, 0.15) is 16.7 Å². The summed E-state index contributed by atoms with van der Waals surface area (Å²) in [6.45, 7) is 2.19. The number of benzene rings is 1. The molecule has 0 spiro atoms. The van der Waals surface area contributed by atoms with Gasteiger partial charge in [-0.2, -0.15) is 22.7 Å². The highest BCUT2D eigenvalue weighted by atomic mass is 35.5. The molecule has 0 atom stereocenters. The molecular formula is C19H18ClNO2S2. The minimum atomic E-state index is 0. The quantitative estimate of drug-likeness (QED) is 0.629. The Morgan fingerprint density at radius 2 is 1.72 bits per heavy atom. The lowest BCUT2D eigenvalue weighted by molar-refractivity contribution is -0.661. The second-order valence-electron chi connectivity index (χ2n) is 5.56. The summed E-state index contributed by atoms with van der Waals surface area (Å²) >= 11 is 3.48. The van der Waals surface area contributed by atoms with Crippen molar-refractivity contribution in [2.45, 2.75) is 6.54 Å². The number of quaternary nitrogens is 1. The van der Waals surface area contributed by atoms with Crippen LogP contribution in [0.25, 0.3) is 5.57 Å². The Morgan fingerprint density at radius 3 is 2.40 bits per heavy atom. The molecule has 130 valence electrons. The van der Waals surface area contributed by atoms with Crippen molar-refractivity contribution in [3.8, 4) is 11.5 Å². The molecule has 0 bridgehead atoms. The normalized spacial score (nSPS) is 11.8. The maximum absolute atomic E-state index is 5.44. The van der Waals surface area contributed by atoms with E-state index in [1.165, 1.54) is 22.3 Å². The largest absolute Gasteiger partial charge is 1.00 e. The van der Waals surface area contributed by atoms with E-state index in [0.29, 0.717) is 6.79 Å². The zero-order valence-corrected chi connectivity index (χ0v) is 15.9. The van der Waals surface area contributed by atoms with E-state index in [2.05, 4.69) is 57.2 Å². The Labute approximate surface area is 161 Å². The van der Waals surface area contributed by atoms with Crippen LogP contribution in [0.3, 0.4) is 0 Å². The molecule has 0 unspecified atom stereocenters. The van der Waals surface area contributed by atoms with E-state index in [1.54, 1.807) is 22.7 Å². The van der Waals surface area contributed by atoms with Gasteiger partial charge >= 0.3 is 0 Å². The number of halogens is 1. The number of nitrogens with two attached hydrogens (primary N) is 1. The average Bonchev–Trinajstić information content (AvgIpc) is 3.36. The molecule has 4 rings (SSSR count). The van der Waals surface area contributed by atoms with Crippen molar-refractivity contribution >= 4 is 28.2 Å². The maximum Gasteiger partial charge on any atom is 0.231 e. The zero-order valence-electron chi connectivity index (χ0n) is 13.5. The molecule has 0 fully saturated rings. The molecule has 1 aliphatic rings. The third-order valence-corrected chi connectivity index (χ3v) is 5.34. The van der Waals surface area contributed by atoms with Crippen molar-refractivity contribution in [3.05, 3.63) is 74.6 Å². The fourth-order valence-corrected chi connectivity index (χ4v) is 4.07. The first-order valence-corrected chi connectivity index (χ1v) is 9.74. The van der Waals surface area contributed by atoms with Crippen LogP contribution >= 0.6 is 22.7 Å². The number of rotatable bonds is 6. The fourth-order valence-electron chi connectivity index (χ4n) is 2.76. The highest BCUT2D eigenvalue weighted by Crippen LogP contribution is 2.32. The Bertz CT molecular complexity index is 793. The molecular weight excluding hydrogens is 374 g/mol. The Hall–Kier alpha value is -1.79. The molecule has 0 amide bonds. The van der Waals surface area contributed by atoms with Crippen molar-refractivity contribution in [1.82, 2.24) is 0 Å². The molecule has 0 saturated heterocycles. The van der Waals surface area contributed by atoms with Gasteiger partial charge in [-0.3, -0.25) is 0 Å². The van der Waals surface area contributed by atoms with E-state index < -0.39 is 0 Å². The summed E-state index contributed by atoms with van der Waals surface area (Å²) < 4.78 is 10.8. The number of thiophene rings is 2. The Morgan fingerprint density at radius 1 is 1.00 bits per heavy atom. The van der Waals surface area contributed by atoms with E-state index in [-0.39, 0.29) is 12.4 Å². The summed E-state index contributed by atoms with van der Waals surface area (Å²) in [6.07, 6.45) is 2.32. The molecule has 1 aromatic carbocycles. The van der Waals surface area contributed by atoms with Gasteiger partial charge in [0.25, 0.3) is 0 Å². The minimum Gasteiger partial charge on any atom is -1.00 e. The molecule has 3 aromatic rings. The predicted molar refractivity (Wildman–Crippen MR) is 98.8 cm³/mol. The first-order chi connectivity index (χ1) is 11.9. The zero-order chi connectivity index (χ0) is 16.2. The number of fused-ring (bicyclic) bond motifs is 1. The summed E-state index contributed by atoms with van der Waals surface area (Å²) in [5.41, 5.74) is 5.17. The van der Waals surface area contributed by atoms with Gasteiger partial charge in [-0.1, -0.05) is 0 Å². The second kappa shape index (κ2) is 8.54. The number of hydrogen-bond donors (Lipinski definition) is 1. The first-order valence-electron chi connectivity index (χ1n) is 7.85. The molecule has 0 saturated carbocycles. The summed E-state index contributed by atoms with van der Waals surface area (Å²) in [7, 11) is 0. The monoisotopic (exact) mass is 391 g/mol. The van der Waals surface area contributed by atoms with Gasteiger partial charge in [0.05, 0.1) is 6.54 Å². The van der Waals surface area contributed by atoms with Crippen LogP contribution in [0, 0.1) is 0 Å². The Balaban J connectivity index is 0.00000182. The van der Waals surface area contributed by atoms with Crippen LogP contribution < -0.4 is 27.2 Å². The lowest BCUT2D eigenvalue weighted by atomic mass is 10.0. The van der Waals surface area contributed by atoms with Gasteiger partial charge in [0.15, 0.2) is 11.5 Å². The van der Waals surface area contributed by atoms with E-state index in [1.807, 2.05) is 6.07 Å². The van der Waals surface area contributed by atoms with Crippen LogP contribution in [-0.2, 0) is 6.54 Å². The molecule has 1 aliphatic heterocycles. The van der Waals surface area contributed by atoms with Gasteiger partial charge in [0.2, 0.25) is 6.79 Å². The second-order valence-corrected chi connectivity index (χ2v) is 7.12. The molecule has 6 heteroatoms. The van der Waals surface area contributed by atoms with Crippen molar-refractivity contribution in [2.75, 3.05) is 13.3 Å². The van der Waals surface area contributed by atoms with Crippen molar-refractivity contribution < 1.29 is 27.2 Å². The smallest absolute Gasteiger partial charge is 0.231 e. The number of ether oxygens (including phenoxy) is 2. The van der Waals surface area contributed by atoms with E-state index in [0.717, 1.165) is 24.6 Å². The topological polar surface area (TPSA) is 35.1 Å². The highest BCUT2D eigenvalue weighted by molar-refractivity contribution is 7.08.